The third-order valence-corrected chi connectivity index (χ3v) is 6.96. The molecule has 3 heteroatoms. The van der Waals surface area contributed by atoms with E-state index >= 15 is 0 Å². The first kappa shape index (κ1) is 17.4. The van der Waals surface area contributed by atoms with E-state index in [1.54, 1.807) is 0 Å². The molecule has 1 nitrogen and oxygen atoms in total. The summed E-state index contributed by atoms with van der Waals surface area (Å²) in [5, 5.41) is 0. The molecule has 0 aromatic rings. The summed E-state index contributed by atoms with van der Waals surface area (Å²) in [6.45, 7) is 14.5. The van der Waals surface area contributed by atoms with Crippen molar-refractivity contribution in [1.29, 1.82) is 0 Å². The molecular weight excluding hydrogens is 264 g/mol. The lowest BCUT2D eigenvalue weighted by atomic mass is 9.84. The fourth-order valence-electron chi connectivity index (χ4n) is 3.18. The van der Waals surface area contributed by atoms with E-state index in [4.69, 9.17) is 4.43 Å². The van der Waals surface area contributed by atoms with Gasteiger partial charge in [-0.3, -0.25) is 0 Å². The lowest BCUT2D eigenvalue weighted by molar-refractivity contribution is 0.0924. The van der Waals surface area contributed by atoms with Gasteiger partial charge in [-0.15, -0.1) is 0 Å². The Kier molecular flexibility index (Phi) is 6.81. The average molecular weight is 301 g/mol. The predicted molar refractivity (Wildman–Crippen MR) is 92.2 cm³/mol. The van der Waals surface area contributed by atoms with Crippen LogP contribution in [0.25, 0.3) is 0 Å². The van der Waals surface area contributed by atoms with Crippen molar-refractivity contribution in [3.63, 3.8) is 0 Å². The molecule has 1 fully saturated rings. The lowest BCUT2D eigenvalue weighted by Crippen LogP contribution is -2.37. The molecule has 19 heavy (non-hydrogen) atoms. The first-order valence-electron chi connectivity index (χ1n) is 8.35. The number of hydrogen-bond donors (Lipinski definition) is 0. The Balaban J connectivity index is 2.48. The first-order chi connectivity index (χ1) is 8.67. The van der Waals surface area contributed by atoms with Crippen LogP contribution < -0.4 is 0 Å². The molecule has 1 aliphatic rings. The van der Waals surface area contributed by atoms with Crippen molar-refractivity contribution in [2.75, 3.05) is 0 Å². The van der Waals surface area contributed by atoms with Gasteiger partial charge in [-0.2, -0.15) is 0 Å². The second kappa shape index (κ2) is 7.42. The Morgan fingerprint density at radius 2 is 1.53 bits per heavy atom. The molecule has 1 rings (SSSR count). The fourth-order valence-corrected chi connectivity index (χ4v) is 5.67. The summed E-state index contributed by atoms with van der Waals surface area (Å²) >= 11 is 0. The van der Waals surface area contributed by atoms with Crippen molar-refractivity contribution < 1.29 is 4.43 Å². The molecule has 1 aliphatic carbocycles. The van der Waals surface area contributed by atoms with Crippen LogP contribution in [0.3, 0.4) is 0 Å². The summed E-state index contributed by atoms with van der Waals surface area (Å²) in [6, 6.07) is 1.46. The van der Waals surface area contributed by atoms with Crippen molar-refractivity contribution in [3.8, 4) is 0 Å². The molecule has 0 amide bonds. The highest BCUT2D eigenvalue weighted by molar-refractivity contribution is 6.76. The zero-order chi connectivity index (χ0) is 14.5. The molecule has 0 aromatic heterocycles. The third kappa shape index (κ3) is 8.31. The molecule has 1 saturated carbocycles. The van der Waals surface area contributed by atoms with Crippen LogP contribution in [0.2, 0.25) is 45.3 Å². The van der Waals surface area contributed by atoms with Gasteiger partial charge in [0, 0.05) is 14.2 Å². The fraction of sp³-hybridized carbons (Fsp3) is 1.00. The van der Waals surface area contributed by atoms with Crippen molar-refractivity contribution in [2.45, 2.75) is 96.4 Å². The molecule has 0 N–H and O–H groups in total. The predicted octanol–water partition coefficient (Wildman–Crippen LogP) is 5.91. The van der Waals surface area contributed by atoms with E-state index in [0.29, 0.717) is 6.10 Å². The van der Waals surface area contributed by atoms with Crippen molar-refractivity contribution in [2.24, 2.45) is 5.92 Å². The van der Waals surface area contributed by atoms with E-state index in [1.165, 1.54) is 51.0 Å². The van der Waals surface area contributed by atoms with E-state index in [2.05, 4.69) is 39.3 Å². The smallest absolute Gasteiger partial charge is 0.184 e. The maximum atomic E-state index is 6.55. The molecule has 1 atom stereocenters. The molecule has 114 valence electrons. The summed E-state index contributed by atoms with van der Waals surface area (Å²) in [7, 11) is -2.27. The maximum absolute atomic E-state index is 6.55. The van der Waals surface area contributed by atoms with Crippen LogP contribution in [0, 0.1) is 5.92 Å². The van der Waals surface area contributed by atoms with Gasteiger partial charge in [0.2, 0.25) is 0 Å². The Hall–Kier alpha value is 0.394. The number of rotatable bonds is 7. The molecule has 0 saturated heterocycles. The standard InChI is InChI=1S/C16H36OSi2/c1-18(2,3)14-10-13-16(17-19(4,5)6)15-11-8-7-9-12-15/h15-16H,7-14H2,1-6H3. The highest BCUT2D eigenvalue weighted by Crippen LogP contribution is 2.32. The first-order valence-corrected chi connectivity index (χ1v) is 15.5. The van der Waals surface area contributed by atoms with Crippen LogP contribution in [0.5, 0.6) is 0 Å². The monoisotopic (exact) mass is 300 g/mol. The summed E-state index contributed by atoms with van der Waals surface area (Å²) in [6.07, 6.45) is 10.4. The van der Waals surface area contributed by atoms with Crippen molar-refractivity contribution in [3.05, 3.63) is 0 Å². The summed E-state index contributed by atoms with van der Waals surface area (Å²) in [5.41, 5.74) is 0. The van der Waals surface area contributed by atoms with Crippen molar-refractivity contribution >= 4 is 16.4 Å². The minimum absolute atomic E-state index is 0.573. The SMILES string of the molecule is C[Si](C)(C)CCCC(O[Si](C)(C)C)C1CCCCC1. The van der Waals surface area contributed by atoms with Crippen LogP contribution in [0.4, 0.5) is 0 Å². The van der Waals surface area contributed by atoms with Gasteiger partial charge < -0.3 is 4.43 Å². The number of hydrogen-bond acceptors (Lipinski definition) is 1. The normalized spacial score (nSPS) is 20.5. The molecule has 0 bridgehead atoms. The molecule has 0 aromatic carbocycles. The molecule has 0 heterocycles. The van der Waals surface area contributed by atoms with Gasteiger partial charge in [0.15, 0.2) is 8.32 Å². The van der Waals surface area contributed by atoms with Crippen LogP contribution in [0.1, 0.15) is 44.9 Å². The second-order valence-electron chi connectivity index (χ2n) is 8.62. The quantitative estimate of drug-likeness (QED) is 0.531. The van der Waals surface area contributed by atoms with Gasteiger partial charge in [0.05, 0.1) is 0 Å². The zero-order valence-electron chi connectivity index (χ0n) is 14.2. The Labute approximate surface area is 123 Å². The highest BCUT2D eigenvalue weighted by Gasteiger charge is 2.29. The molecular formula is C16H36OSi2. The minimum Gasteiger partial charge on any atom is -0.414 e. The summed E-state index contributed by atoms with van der Waals surface area (Å²) in [5.74, 6) is 0.863. The van der Waals surface area contributed by atoms with Gasteiger partial charge in [-0.1, -0.05) is 51.4 Å². The van der Waals surface area contributed by atoms with E-state index in [-0.39, 0.29) is 0 Å². The minimum atomic E-state index is -1.39. The Morgan fingerprint density at radius 1 is 0.947 bits per heavy atom. The second-order valence-corrected chi connectivity index (χ2v) is 18.7. The lowest BCUT2D eigenvalue weighted by Gasteiger charge is -2.35. The highest BCUT2D eigenvalue weighted by atomic mass is 28.4. The van der Waals surface area contributed by atoms with Crippen LogP contribution in [-0.2, 0) is 4.43 Å². The van der Waals surface area contributed by atoms with Gasteiger partial charge in [0.25, 0.3) is 0 Å². The molecule has 0 spiro atoms. The summed E-state index contributed by atoms with van der Waals surface area (Å²) in [4.78, 5) is 0. The van der Waals surface area contributed by atoms with Crippen LogP contribution >= 0.6 is 0 Å². The maximum Gasteiger partial charge on any atom is 0.184 e. The van der Waals surface area contributed by atoms with Crippen LogP contribution in [0.15, 0.2) is 0 Å². The Morgan fingerprint density at radius 3 is 2.00 bits per heavy atom. The third-order valence-electron chi connectivity index (χ3n) is 4.10. The van der Waals surface area contributed by atoms with Gasteiger partial charge in [0.1, 0.15) is 0 Å². The topological polar surface area (TPSA) is 9.23 Å². The van der Waals surface area contributed by atoms with Gasteiger partial charge in [-0.25, -0.2) is 0 Å². The van der Waals surface area contributed by atoms with Crippen molar-refractivity contribution in [1.82, 2.24) is 0 Å². The van der Waals surface area contributed by atoms with Gasteiger partial charge in [-0.05, 0) is 44.8 Å². The average Bonchev–Trinajstić information content (AvgIpc) is 2.25. The van der Waals surface area contributed by atoms with E-state index < -0.39 is 16.4 Å². The Bertz CT molecular complexity index is 246. The largest absolute Gasteiger partial charge is 0.414 e. The van der Waals surface area contributed by atoms with Gasteiger partial charge >= 0.3 is 0 Å². The zero-order valence-corrected chi connectivity index (χ0v) is 16.2. The summed E-state index contributed by atoms with van der Waals surface area (Å²) < 4.78 is 6.55. The van der Waals surface area contributed by atoms with E-state index in [9.17, 15) is 0 Å². The molecule has 0 aliphatic heterocycles. The van der Waals surface area contributed by atoms with E-state index in [1.807, 2.05) is 0 Å². The molecule has 1 unspecified atom stereocenters. The van der Waals surface area contributed by atoms with Crippen LogP contribution in [-0.4, -0.2) is 22.5 Å². The molecule has 0 radical (unpaired) electrons. The van der Waals surface area contributed by atoms with E-state index in [0.717, 1.165) is 5.92 Å².